The molecule has 0 bridgehead atoms. The summed E-state index contributed by atoms with van der Waals surface area (Å²) in [6.07, 6.45) is 3.24. The summed E-state index contributed by atoms with van der Waals surface area (Å²) in [5.41, 5.74) is 2.38. The van der Waals surface area contributed by atoms with Crippen LogP contribution in [0.4, 0.5) is 0 Å². The third-order valence-corrected chi connectivity index (χ3v) is 12.0. The first-order chi connectivity index (χ1) is 30.6. The lowest BCUT2D eigenvalue weighted by atomic mass is 9.88. The van der Waals surface area contributed by atoms with Crippen LogP contribution in [0, 0.1) is 15.9 Å². The summed E-state index contributed by atoms with van der Waals surface area (Å²) < 4.78 is 11.6. The highest BCUT2D eigenvalue weighted by Gasteiger charge is 2.38. The van der Waals surface area contributed by atoms with Crippen LogP contribution < -0.4 is 26.3 Å². The average Bonchev–Trinajstić information content (AvgIpc) is 3.97. The predicted octanol–water partition coefficient (Wildman–Crippen LogP) is 3.73. The molecule has 2 aromatic heterocycles. The molecule has 14 heteroatoms. The van der Waals surface area contributed by atoms with Gasteiger partial charge in [-0.15, -0.1) is 15.0 Å². The molecule has 2 N–H and O–H groups in total. The van der Waals surface area contributed by atoms with Crippen molar-refractivity contribution in [3.63, 3.8) is 0 Å². The second-order valence-corrected chi connectivity index (χ2v) is 17.8. The minimum absolute atomic E-state index is 0.0228. The van der Waals surface area contributed by atoms with Gasteiger partial charge in [-0.25, -0.2) is 0 Å². The van der Waals surface area contributed by atoms with Crippen molar-refractivity contribution >= 4 is 54.8 Å². The smallest absolute Gasteiger partial charge is 0.361 e. The van der Waals surface area contributed by atoms with Gasteiger partial charge >= 0.3 is 21.2 Å². The van der Waals surface area contributed by atoms with Crippen molar-refractivity contribution in [3.8, 4) is 12.3 Å². The summed E-state index contributed by atoms with van der Waals surface area (Å²) in [6, 6.07) is 31.8. The van der Waals surface area contributed by atoms with E-state index in [9.17, 15) is 43.8 Å². The van der Waals surface area contributed by atoms with Crippen molar-refractivity contribution in [1.82, 2.24) is 0 Å². The Morgan fingerprint density at radius 2 is 1.00 bits per heavy atom. The first-order valence-corrected chi connectivity index (χ1v) is 23.6. The van der Waals surface area contributed by atoms with E-state index in [1.165, 1.54) is 32.0 Å². The number of fused-ring (bicyclic) bond motifs is 5. The van der Waals surface area contributed by atoms with Crippen LogP contribution >= 0.6 is 8.58 Å². The number of allylic oxidation sites excluding steroid dienone is 1. The molecule has 0 spiro atoms. The highest BCUT2D eigenvalue weighted by molar-refractivity contribution is 7.35. The molecule has 9 rings (SSSR count). The lowest BCUT2D eigenvalue weighted by molar-refractivity contribution is -0.572. The molecule has 2 unspecified atom stereocenters. The Bertz CT molecular complexity index is 2770. The Morgan fingerprint density at radius 1 is 0.609 bits per heavy atom. The van der Waals surface area contributed by atoms with Crippen LogP contribution in [0.5, 0.6) is 0 Å². The van der Waals surface area contributed by atoms with Gasteiger partial charge in [-0.1, -0.05) is 96.9 Å². The van der Waals surface area contributed by atoms with E-state index in [-0.39, 0.29) is 78.0 Å². The second kappa shape index (κ2) is 21.6. The average molecular weight is 991 g/mol. The maximum Gasteiger partial charge on any atom is 0.361 e. The molecule has 3 aliphatic rings. The predicted molar refractivity (Wildman–Crippen MR) is 233 cm³/mol. The number of Topliss-reactive ketones (excluding diaryl/α,β-unsaturated/α-hetero) is 3. The fraction of sp³-hybridized carbons (Fsp3) is 0.140. The van der Waals surface area contributed by atoms with Crippen LogP contribution in [-0.2, 0) is 4.79 Å². The molecule has 2 atom stereocenters. The van der Waals surface area contributed by atoms with E-state index in [1.54, 1.807) is 73.7 Å². The topological polar surface area (TPSA) is 209 Å². The number of aliphatic hydroxyl groups is 2. The van der Waals surface area contributed by atoms with Crippen LogP contribution in [-0.4, -0.2) is 70.1 Å². The van der Waals surface area contributed by atoms with Gasteiger partial charge in [-0.05, 0) is 62.8 Å². The zero-order valence-electron chi connectivity index (χ0n) is 35.1. The number of carbonyl (C=O) groups excluding carboxylic acids is 7. The third kappa shape index (κ3) is 10.6. The Balaban J connectivity index is 0.000000167. The standard InChI is InChI=1S/C16H9IO3.C14H10O4.C14H8O4.C4H6O.C2H7P/c18-14-11-8-4-5-9-12(11)15(19)16(20)13(14)17-10-6-2-1-3-7-10;2*1-7(15)11-6-10-12(16)8-4-2-3-5-9(8)13(17)14(10)18-11;1-3-4(2)5;1-3-2/h1-9H;2-7,15H,1H3;2-6H,1H3;1,4-5H,2H3;3H,1-2H3. The molecule has 0 radical (unpaired) electrons. The molecule has 12 nitrogen and oxygen atoms in total. The molecular weight excluding hydrogens is 950 g/mol. The largest absolute Gasteiger partial charge is 0.869 e. The number of hydrogen-bond acceptors (Lipinski definition) is 12. The molecule has 0 aliphatic heterocycles. The first kappa shape index (κ1) is 48.3. The monoisotopic (exact) mass is 990 g/mol. The van der Waals surface area contributed by atoms with E-state index in [1.807, 2.05) is 30.3 Å². The lowest BCUT2D eigenvalue weighted by Gasteiger charge is -2.19. The van der Waals surface area contributed by atoms with E-state index in [0.717, 1.165) is 12.2 Å². The summed E-state index contributed by atoms with van der Waals surface area (Å²) in [5, 5.41) is 30.0. The van der Waals surface area contributed by atoms with Crippen molar-refractivity contribution in [1.29, 1.82) is 0 Å². The molecule has 0 saturated heterocycles. The molecule has 0 saturated carbocycles. The van der Waals surface area contributed by atoms with Crippen LogP contribution in [0.15, 0.2) is 128 Å². The molecule has 6 aromatic rings. The number of benzene rings is 4. The molecule has 0 amide bonds. The number of hydrogen-bond donors (Lipinski definition) is 2. The highest BCUT2D eigenvalue weighted by Crippen LogP contribution is 2.32. The van der Waals surface area contributed by atoms with Crippen LogP contribution in [0.2, 0.25) is 0 Å². The van der Waals surface area contributed by atoms with Crippen LogP contribution in [0.25, 0.3) is 5.76 Å². The van der Waals surface area contributed by atoms with Crippen molar-refractivity contribution < 1.29 is 78.9 Å². The molecule has 2 heterocycles. The number of halogens is 1. The van der Waals surface area contributed by atoms with Crippen LogP contribution in [0.1, 0.15) is 123 Å². The van der Waals surface area contributed by atoms with Gasteiger partial charge in [0.15, 0.2) is 38.2 Å². The van der Waals surface area contributed by atoms with Gasteiger partial charge < -0.3 is 24.2 Å². The Kier molecular flexibility index (Phi) is 16.3. The molecular formula is C50H40IO12P. The fourth-order valence-corrected chi connectivity index (χ4v) is 8.57. The van der Waals surface area contributed by atoms with Gasteiger partial charge in [-0.2, -0.15) is 0 Å². The van der Waals surface area contributed by atoms with Crippen molar-refractivity contribution in [2.45, 2.75) is 33.0 Å². The first-order valence-electron chi connectivity index (χ1n) is 19.4. The minimum atomic E-state index is -0.931. The van der Waals surface area contributed by atoms with Gasteiger partial charge in [0.25, 0.3) is 5.78 Å². The molecule has 0 fully saturated rings. The van der Waals surface area contributed by atoms with Crippen molar-refractivity contribution in [2.24, 2.45) is 0 Å². The Hall–Kier alpha value is -6.69. The van der Waals surface area contributed by atoms with Gasteiger partial charge in [-0.3, -0.25) is 33.6 Å². The maximum absolute atomic E-state index is 12.4. The van der Waals surface area contributed by atoms with E-state index in [0.29, 0.717) is 27.8 Å². The van der Waals surface area contributed by atoms with E-state index >= 15 is 0 Å². The fourth-order valence-electron chi connectivity index (χ4n) is 6.14. The van der Waals surface area contributed by atoms with Crippen LogP contribution in [0.3, 0.4) is 0 Å². The number of ketones is 7. The molecule has 3 aliphatic carbocycles. The lowest BCUT2D eigenvalue weighted by Crippen LogP contribution is -3.61. The van der Waals surface area contributed by atoms with E-state index < -0.39 is 45.0 Å². The third-order valence-electron chi connectivity index (χ3n) is 9.18. The summed E-state index contributed by atoms with van der Waals surface area (Å²) in [6.45, 7) is 8.69. The summed E-state index contributed by atoms with van der Waals surface area (Å²) in [4.78, 5) is 84.1. The minimum Gasteiger partial charge on any atom is -0.869 e. The normalized spacial score (nSPS) is 13.8. The van der Waals surface area contributed by atoms with Crippen molar-refractivity contribution in [2.75, 3.05) is 13.3 Å². The van der Waals surface area contributed by atoms with Gasteiger partial charge in [0.05, 0.1) is 11.1 Å². The van der Waals surface area contributed by atoms with Crippen molar-refractivity contribution in [3.05, 3.63) is 190 Å². The van der Waals surface area contributed by atoms with E-state index in [4.69, 9.17) is 13.9 Å². The molecule has 324 valence electrons. The number of terminal acetylenes is 1. The maximum atomic E-state index is 12.4. The van der Waals surface area contributed by atoms with Gasteiger partial charge in [0, 0.05) is 34.7 Å². The van der Waals surface area contributed by atoms with Gasteiger partial charge in [0.1, 0.15) is 18.0 Å². The zero-order chi connectivity index (χ0) is 46.8. The zero-order valence-corrected chi connectivity index (χ0v) is 38.2. The highest BCUT2D eigenvalue weighted by atomic mass is 127. The Morgan fingerprint density at radius 3 is 1.44 bits per heavy atom. The number of aliphatic hydroxyl groups excluding tert-OH is 2. The number of carbonyl (C=O) groups is 7. The molecule has 4 aromatic carbocycles. The Labute approximate surface area is 380 Å². The number of furan rings is 2. The summed E-state index contributed by atoms with van der Waals surface area (Å²) >= 11 is -0.931. The SMILES string of the molecule is C#CC(C)O.CC(=O)c1cc2c(o1)C(=O)c1ccccc1C2=O.CC(O)c1cc2c(o1)C(=O)c1ccccc1C2=O.CPC.O=C1C(=O)c2ccccc2C([O-])=C1[I+]c1ccccc1. The van der Waals surface area contributed by atoms with Gasteiger partial charge in [0.2, 0.25) is 20.9 Å². The van der Waals surface area contributed by atoms with E-state index in [2.05, 4.69) is 25.7 Å². The summed E-state index contributed by atoms with van der Waals surface area (Å²) in [5.74, 6) is -0.651. The quantitative estimate of drug-likeness (QED) is 0.0851. The summed E-state index contributed by atoms with van der Waals surface area (Å²) in [7, 11) is 1.08. The molecule has 64 heavy (non-hydrogen) atoms. The second-order valence-electron chi connectivity index (χ2n) is 14.0. The number of rotatable bonds is 4.